The molecule has 0 heterocycles. The van der Waals surface area contributed by atoms with Crippen molar-refractivity contribution in [3.05, 3.63) is 65.7 Å². The minimum Gasteiger partial charge on any atom is -0.493 e. The Morgan fingerprint density at radius 3 is 2.17 bits per heavy atom. The van der Waals surface area contributed by atoms with E-state index < -0.39 is 23.9 Å². The molecule has 0 bridgehead atoms. The first-order chi connectivity index (χ1) is 14.2. The summed E-state index contributed by atoms with van der Waals surface area (Å²) in [6.45, 7) is 7.94. The van der Waals surface area contributed by atoms with Crippen molar-refractivity contribution in [3.63, 3.8) is 0 Å². The molecule has 0 radical (unpaired) electrons. The summed E-state index contributed by atoms with van der Waals surface area (Å²) >= 11 is 0. The minimum atomic E-state index is -1.06. The maximum absolute atomic E-state index is 12.0. The van der Waals surface area contributed by atoms with Gasteiger partial charge < -0.3 is 9.47 Å². The summed E-state index contributed by atoms with van der Waals surface area (Å²) in [6, 6.07) is 16.1. The van der Waals surface area contributed by atoms with E-state index in [-0.39, 0.29) is 18.4 Å². The van der Waals surface area contributed by atoms with Crippen LogP contribution in [0.1, 0.15) is 50.0 Å². The highest BCUT2D eigenvalue weighted by atomic mass is 16.6. The molecular formula is C23H28N2O5. The van der Waals surface area contributed by atoms with Crippen LogP contribution in [0.25, 0.3) is 0 Å². The van der Waals surface area contributed by atoms with Crippen molar-refractivity contribution in [2.75, 3.05) is 6.61 Å². The van der Waals surface area contributed by atoms with E-state index in [2.05, 4.69) is 31.6 Å². The lowest BCUT2D eigenvalue weighted by atomic mass is 9.87. The molecule has 30 heavy (non-hydrogen) atoms. The molecule has 2 N–H and O–H groups in total. The van der Waals surface area contributed by atoms with Crippen LogP contribution in [-0.4, -0.2) is 30.5 Å². The highest BCUT2D eigenvalue weighted by molar-refractivity contribution is 5.95. The fourth-order valence-electron chi connectivity index (χ4n) is 2.49. The SMILES string of the molecule is C[C@H](OC(=O)CCOc1ccc(C(C)(C)C)cc1)C(=O)NNC(=O)c1ccccc1. The normalized spacial score (nSPS) is 11.9. The Bertz CT molecular complexity index is 857. The van der Waals surface area contributed by atoms with E-state index in [9.17, 15) is 14.4 Å². The van der Waals surface area contributed by atoms with Crippen LogP contribution in [0.4, 0.5) is 0 Å². The Kier molecular flexibility index (Phi) is 7.98. The molecule has 0 aliphatic heterocycles. The molecule has 1 atom stereocenters. The van der Waals surface area contributed by atoms with Gasteiger partial charge >= 0.3 is 5.97 Å². The molecule has 7 heteroatoms. The van der Waals surface area contributed by atoms with Crippen molar-refractivity contribution in [1.82, 2.24) is 10.9 Å². The average molecular weight is 412 g/mol. The highest BCUT2D eigenvalue weighted by Gasteiger charge is 2.19. The predicted molar refractivity (Wildman–Crippen MR) is 113 cm³/mol. The van der Waals surface area contributed by atoms with Crippen molar-refractivity contribution in [2.24, 2.45) is 0 Å². The molecule has 2 aromatic carbocycles. The largest absolute Gasteiger partial charge is 0.493 e. The quantitative estimate of drug-likeness (QED) is 0.538. The summed E-state index contributed by atoms with van der Waals surface area (Å²) in [5.74, 6) is -1.01. The number of esters is 1. The van der Waals surface area contributed by atoms with E-state index in [0.717, 1.165) is 0 Å². The third-order valence-electron chi connectivity index (χ3n) is 4.31. The molecule has 0 unspecified atom stereocenters. The van der Waals surface area contributed by atoms with Gasteiger partial charge in [-0.05, 0) is 42.2 Å². The lowest BCUT2D eigenvalue weighted by Gasteiger charge is -2.19. The van der Waals surface area contributed by atoms with E-state index in [1.165, 1.54) is 12.5 Å². The summed E-state index contributed by atoms with van der Waals surface area (Å²) in [7, 11) is 0. The Morgan fingerprint density at radius 2 is 1.57 bits per heavy atom. The summed E-state index contributed by atoms with van der Waals surface area (Å²) in [6.07, 6.45) is -1.06. The van der Waals surface area contributed by atoms with Gasteiger partial charge in [0.1, 0.15) is 5.75 Å². The number of hydrazine groups is 1. The summed E-state index contributed by atoms with van der Waals surface area (Å²) < 4.78 is 10.6. The number of amides is 2. The van der Waals surface area contributed by atoms with Crippen LogP contribution in [0.2, 0.25) is 0 Å². The van der Waals surface area contributed by atoms with Gasteiger partial charge in [-0.3, -0.25) is 25.2 Å². The molecule has 0 fully saturated rings. The van der Waals surface area contributed by atoms with Gasteiger partial charge in [0.05, 0.1) is 13.0 Å². The molecule has 2 rings (SSSR count). The van der Waals surface area contributed by atoms with Crippen LogP contribution in [0.3, 0.4) is 0 Å². The first-order valence-corrected chi connectivity index (χ1v) is 9.75. The van der Waals surface area contributed by atoms with Gasteiger partial charge in [-0.2, -0.15) is 0 Å². The van der Waals surface area contributed by atoms with Crippen molar-refractivity contribution in [2.45, 2.75) is 45.6 Å². The third kappa shape index (κ3) is 7.24. The fraction of sp³-hybridized carbons (Fsp3) is 0.348. The molecule has 0 aliphatic rings. The van der Waals surface area contributed by atoms with Crippen LogP contribution in [0.5, 0.6) is 5.75 Å². The molecular weight excluding hydrogens is 384 g/mol. The number of carbonyl (C=O) groups is 3. The van der Waals surface area contributed by atoms with E-state index in [4.69, 9.17) is 9.47 Å². The van der Waals surface area contributed by atoms with E-state index in [1.807, 2.05) is 24.3 Å². The van der Waals surface area contributed by atoms with Crippen LogP contribution in [0, 0.1) is 0 Å². The number of hydrogen-bond donors (Lipinski definition) is 2. The molecule has 2 amide bonds. The number of carbonyl (C=O) groups excluding carboxylic acids is 3. The number of hydrogen-bond acceptors (Lipinski definition) is 5. The molecule has 2 aromatic rings. The second kappa shape index (κ2) is 10.4. The lowest BCUT2D eigenvalue weighted by Crippen LogP contribution is -2.46. The average Bonchev–Trinajstić information content (AvgIpc) is 2.72. The second-order valence-corrected chi connectivity index (χ2v) is 7.81. The van der Waals surface area contributed by atoms with Crippen molar-refractivity contribution in [1.29, 1.82) is 0 Å². The topological polar surface area (TPSA) is 93.7 Å². The number of benzene rings is 2. The zero-order valence-corrected chi connectivity index (χ0v) is 17.7. The van der Waals surface area contributed by atoms with Gasteiger partial charge in [0.2, 0.25) is 0 Å². The van der Waals surface area contributed by atoms with Crippen LogP contribution in [-0.2, 0) is 19.7 Å². The monoisotopic (exact) mass is 412 g/mol. The second-order valence-electron chi connectivity index (χ2n) is 7.81. The molecule has 7 nitrogen and oxygen atoms in total. The molecule has 0 saturated carbocycles. The lowest BCUT2D eigenvalue weighted by molar-refractivity contribution is -0.155. The molecule has 0 spiro atoms. The van der Waals surface area contributed by atoms with Gasteiger partial charge in [0.25, 0.3) is 11.8 Å². The Morgan fingerprint density at radius 1 is 0.933 bits per heavy atom. The van der Waals surface area contributed by atoms with Gasteiger partial charge in [-0.15, -0.1) is 0 Å². The van der Waals surface area contributed by atoms with Gasteiger partial charge in [0.15, 0.2) is 6.10 Å². The fourth-order valence-corrected chi connectivity index (χ4v) is 2.49. The Balaban J connectivity index is 1.69. The van der Waals surface area contributed by atoms with Crippen LogP contribution in [0.15, 0.2) is 54.6 Å². The van der Waals surface area contributed by atoms with Crippen molar-refractivity contribution < 1.29 is 23.9 Å². The zero-order valence-electron chi connectivity index (χ0n) is 17.7. The minimum absolute atomic E-state index is 0.00494. The van der Waals surface area contributed by atoms with E-state index >= 15 is 0 Å². The highest BCUT2D eigenvalue weighted by Crippen LogP contribution is 2.24. The Labute approximate surface area is 176 Å². The van der Waals surface area contributed by atoms with Gasteiger partial charge in [0, 0.05) is 5.56 Å². The predicted octanol–water partition coefficient (Wildman–Crippen LogP) is 3.15. The molecule has 0 aliphatic carbocycles. The maximum Gasteiger partial charge on any atom is 0.310 e. The zero-order chi connectivity index (χ0) is 22.1. The number of nitrogens with one attached hydrogen (secondary N) is 2. The molecule has 0 saturated heterocycles. The maximum atomic E-state index is 12.0. The molecule has 0 aromatic heterocycles. The van der Waals surface area contributed by atoms with Crippen LogP contribution >= 0.6 is 0 Å². The van der Waals surface area contributed by atoms with Gasteiger partial charge in [-0.25, -0.2) is 0 Å². The number of ether oxygens (including phenoxy) is 2. The first-order valence-electron chi connectivity index (χ1n) is 9.75. The van der Waals surface area contributed by atoms with E-state index in [0.29, 0.717) is 11.3 Å². The van der Waals surface area contributed by atoms with Gasteiger partial charge in [-0.1, -0.05) is 51.1 Å². The smallest absolute Gasteiger partial charge is 0.310 e. The summed E-state index contributed by atoms with van der Waals surface area (Å²) in [4.78, 5) is 35.8. The van der Waals surface area contributed by atoms with Crippen molar-refractivity contribution >= 4 is 17.8 Å². The first kappa shape index (κ1) is 22.9. The van der Waals surface area contributed by atoms with Crippen molar-refractivity contribution in [3.8, 4) is 5.75 Å². The van der Waals surface area contributed by atoms with E-state index in [1.54, 1.807) is 30.3 Å². The number of rotatable bonds is 7. The van der Waals surface area contributed by atoms with Crippen LogP contribution < -0.4 is 15.6 Å². The summed E-state index contributed by atoms with van der Waals surface area (Å²) in [5.41, 5.74) is 6.16. The standard InChI is InChI=1S/C23H28N2O5/c1-16(21(27)24-25-22(28)17-8-6-5-7-9-17)30-20(26)14-15-29-19-12-10-18(11-13-19)23(2,3)4/h5-13,16H,14-15H2,1-4H3,(H,24,27)(H,25,28)/t16-/m0/s1. The third-order valence-corrected chi connectivity index (χ3v) is 4.31. The Hall–Kier alpha value is -3.35. The molecule has 160 valence electrons. The summed E-state index contributed by atoms with van der Waals surface area (Å²) in [5, 5.41) is 0.